The maximum absolute atomic E-state index is 12.8. The van der Waals surface area contributed by atoms with Crippen molar-refractivity contribution in [1.82, 2.24) is 0 Å². The van der Waals surface area contributed by atoms with Gasteiger partial charge in [-0.3, -0.25) is 0 Å². The first kappa shape index (κ1) is 10.6. The van der Waals surface area contributed by atoms with Gasteiger partial charge in [-0.2, -0.15) is 0 Å². The second-order valence-corrected chi connectivity index (χ2v) is 4.07. The summed E-state index contributed by atoms with van der Waals surface area (Å²) >= 11 is 1.66. The lowest BCUT2D eigenvalue weighted by molar-refractivity contribution is -0.206. The molecule has 0 aromatic rings. The predicted octanol–water partition coefficient (Wildman–Crippen LogP) is -0.802. The van der Waals surface area contributed by atoms with Crippen LogP contribution in [0.15, 0.2) is 0 Å². The molecule has 1 fully saturated rings. The van der Waals surface area contributed by atoms with Gasteiger partial charge in [0.25, 0.3) is 0 Å². The molecule has 1 rings (SSSR count). The molecule has 0 spiro atoms. The molecule has 0 saturated carbocycles. The van der Waals surface area contributed by atoms with E-state index in [1.165, 1.54) is 0 Å². The Hall–Kier alpha value is 0.500. The Bertz CT molecular complexity index is 154. The van der Waals surface area contributed by atoms with Gasteiger partial charge < -0.3 is 20.1 Å². The molecular formula is C6H10FIO4. The Morgan fingerprint density at radius 1 is 1.33 bits per heavy atom. The number of halogens is 2. The number of ether oxygens (including phenoxy) is 1. The van der Waals surface area contributed by atoms with Crippen LogP contribution in [0.3, 0.4) is 0 Å². The summed E-state index contributed by atoms with van der Waals surface area (Å²) in [4.78, 5) is 0. The molecule has 12 heavy (non-hydrogen) atoms. The second kappa shape index (κ2) is 4.14. The smallest absolute Gasteiger partial charge is 0.213 e. The zero-order chi connectivity index (χ0) is 9.30. The van der Waals surface area contributed by atoms with Crippen molar-refractivity contribution in [1.29, 1.82) is 0 Å². The molecule has 0 aromatic carbocycles. The molecule has 0 aliphatic carbocycles. The van der Waals surface area contributed by atoms with Gasteiger partial charge in [0.05, 0.1) is 16.6 Å². The van der Waals surface area contributed by atoms with Crippen LogP contribution in [0.2, 0.25) is 0 Å². The molecule has 1 aliphatic rings. The third kappa shape index (κ3) is 1.87. The highest BCUT2D eigenvalue weighted by atomic mass is 127. The Labute approximate surface area is 82.5 Å². The van der Waals surface area contributed by atoms with E-state index in [2.05, 4.69) is 4.74 Å². The lowest BCUT2D eigenvalue weighted by Gasteiger charge is -2.36. The molecule has 1 heterocycles. The Morgan fingerprint density at radius 2 is 1.92 bits per heavy atom. The normalized spacial score (nSPS) is 49.2. The summed E-state index contributed by atoms with van der Waals surface area (Å²) in [5, 5.41) is 27.1. The molecular weight excluding hydrogens is 282 g/mol. The average molecular weight is 292 g/mol. The molecule has 0 bridgehead atoms. The van der Waals surface area contributed by atoms with Gasteiger partial charge in [0, 0.05) is 0 Å². The minimum absolute atomic E-state index is 0.498. The number of alkyl halides is 2. The van der Waals surface area contributed by atoms with E-state index in [0.717, 1.165) is 0 Å². The maximum atomic E-state index is 12.8. The van der Waals surface area contributed by atoms with Crippen molar-refractivity contribution < 1.29 is 24.4 Å². The average Bonchev–Trinajstić information content (AvgIpc) is 2.08. The monoisotopic (exact) mass is 292 g/mol. The topological polar surface area (TPSA) is 69.9 Å². The van der Waals surface area contributed by atoms with E-state index < -0.39 is 35.2 Å². The molecule has 1 aliphatic heterocycles. The van der Waals surface area contributed by atoms with Crippen LogP contribution in [-0.2, 0) is 4.74 Å². The van der Waals surface area contributed by atoms with E-state index in [0.29, 0.717) is 0 Å². The van der Waals surface area contributed by atoms with Crippen LogP contribution in [0.4, 0.5) is 4.39 Å². The number of hydrogen-bond acceptors (Lipinski definition) is 4. The Kier molecular flexibility index (Phi) is 3.65. The van der Waals surface area contributed by atoms with Crippen molar-refractivity contribution in [2.75, 3.05) is 6.61 Å². The first-order valence-corrected chi connectivity index (χ1v) is 4.73. The fourth-order valence-corrected chi connectivity index (χ4v) is 1.63. The molecule has 0 radical (unpaired) electrons. The molecule has 1 unspecified atom stereocenters. The number of rotatable bonds is 1. The summed E-state index contributed by atoms with van der Waals surface area (Å²) in [6, 6.07) is 0. The van der Waals surface area contributed by atoms with Crippen LogP contribution < -0.4 is 0 Å². The van der Waals surface area contributed by atoms with Crippen LogP contribution in [0.25, 0.3) is 0 Å². The van der Waals surface area contributed by atoms with Gasteiger partial charge in [-0.25, -0.2) is 4.39 Å². The minimum atomic E-state index is -1.64. The molecule has 0 aromatic heterocycles. The Morgan fingerprint density at radius 3 is 2.42 bits per heavy atom. The fraction of sp³-hybridized carbons (Fsp3) is 1.00. The molecule has 5 atom stereocenters. The van der Waals surface area contributed by atoms with Crippen molar-refractivity contribution in [3.8, 4) is 0 Å². The van der Waals surface area contributed by atoms with Crippen molar-refractivity contribution in [2.24, 2.45) is 0 Å². The highest BCUT2D eigenvalue weighted by molar-refractivity contribution is 14.1. The van der Waals surface area contributed by atoms with Gasteiger partial charge in [-0.1, -0.05) is 22.6 Å². The van der Waals surface area contributed by atoms with Gasteiger partial charge >= 0.3 is 0 Å². The van der Waals surface area contributed by atoms with Gasteiger partial charge in [0.2, 0.25) is 6.36 Å². The predicted molar refractivity (Wildman–Crippen MR) is 46.7 cm³/mol. The highest BCUT2D eigenvalue weighted by Gasteiger charge is 2.42. The standard InChI is InChI=1S/C6H10FIO4/c7-6-3(8)5(11)4(10)2(1-9)12-6/h2-6,9-11H,1H2/t2-,3-,4-,5+,6?/m1/s1. The highest BCUT2D eigenvalue weighted by Crippen LogP contribution is 2.27. The summed E-state index contributed by atoms with van der Waals surface area (Å²) in [5.41, 5.74) is 0. The van der Waals surface area contributed by atoms with E-state index in [1.807, 2.05) is 0 Å². The van der Waals surface area contributed by atoms with Crippen LogP contribution in [-0.4, -0.2) is 50.5 Å². The largest absolute Gasteiger partial charge is 0.394 e. The van der Waals surface area contributed by atoms with Crippen LogP contribution in [0, 0.1) is 0 Å². The Balaban J connectivity index is 2.63. The summed E-state index contributed by atoms with van der Waals surface area (Å²) in [6.07, 6.45) is -5.07. The van der Waals surface area contributed by atoms with Crippen molar-refractivity contribution in [3.05, 3.63) is 0 Å². The molecule has 6 heteroatoms. The maximum Gasteiger partial charge on any atom is 0.213 e. The second-order valence-electron chi connectivity index (χ2n) is 2.63. The van der Waals surface area contributed by atoms with Crippen molar-refractivity contribution in [2.45, 2.75) is 28.6 Å². The SMILES string of the molecule is OC[C@H]1OC(F)[C@H](I)[C@H](O)[C@@H]1O. The van der Waals surface area contributed by atoms with Crippen LogP contribution in [0.1, 0.15) is 0 Å². The fourth-order valence-electron chi connectivity index (χ4n) is 1.04. The van der Waals surface area contributed by atoms with Crippen molar-refractivity contribution in [3.63, 3.8) is 0 Å². The molecule has 3 N–H and O–H groups in total. The van der Waals surface area contributed by atoms with E-state index in [1.54, 1.807) is 22.6 Å². The van der Waals surface area contributed by atoms with Gasteiger partial charge in [-0.15, -0.1) is 0 Å². The van der Waals surface area contributed by atoms with E-state index in [4.69, 9.17) is 5.11 Å². The third-order valence-electron chi connectivity index (χ3n) is 1.79. The molecule has 0 amide bonds. The minimum Gasteiger partial charge on any atom is -0.394 e. The van der Waals surface area contributed by atoms with Crippen LogP contribution in [0.5, 0.6) is 0 Å². The summed E-state index contributed by atoms with van der Waals surface area (Å²) < 4.78 is 16.6. The lowest BCUT2D eigenvalue weighted by Crippen LogP contribution is -2.55. The number of aliphatic hydroxyl groups is 3. The molecule has 4 nitrogen and oxygen atoms in total. The summed E-state index contributed by atoms with van der Waals surface area (Å²) in [7, 11) is 0. The number of hydrogen-bond donors (Lipinski definition) is 3. The first-order chi connectivity index (χ1) is 5.57. The van der Waals surface area contributed by atoms with Crippen molar-refractivity contribution >= 4 is 22.6 Å². The zero-order valence-electron chi connectivity index (χ0n) is 6.10. The van der Waals surface area contributed by atoms with Gasteiger partial charge in [0.15, 0.2) is 0 Å². The molecule has 1 saturated heterocycles. The lowest BCUT2D eigenvalue weighted by atomic mass is 10.0. The van der Waals surface area contributed by atoms with Gasteiger partial charge in [-0.05, 0) is 0 Å². The summed E-state index contributed by atoms with van der Waals surface area (Å²) in [5.74, 6) is 0. The van der Waals surface area contributed by atoms with E-state index >= 15 is 0 Å². The van der Waals surface area contributed by atoms with Crippen LogP contribution >= 0.6 is 22.6 Å². The van der Waals surface area contributed by atoms with Gasteiger partial charge in [0.1, 0.15) is 12.2 Å². The first-order valence-electron chi connectivity index (χ1n) is 3.48. The van der Waals surface area contributed by atoms with E-state index in [9.17, 15) is 14.6 Å². The zero-order valence-corrected chi connectivity index (χ0v) is 8.26. The molecule has 72 valence electrons. The quantitative estimate of drug-likeness (QED) is 0.437. The third-order valence-corrected chi connectivity index (χ3v) is 3.09. The van der Waals surface area contributed by atoms with E-state index in [-0.39, 0.29) is 0 Å². The number of aliphatic hydroxyl groups excluding tert-OH is 3. The summed E-state index contributed by atoms with van der Waals surface area (Å²) in [6.45, 7) is -0.498.